The van der Waals surface area contributed by atoms with Gasteiger partial charge in [0.25, 0.3) is 11.1 Å². The van der Waals surface area contributed by atoms with Gasteiger partial charge < -0.3 is 9.88 Å². The van der Waals surface area contributed by atoms with E-state index in [-0.39, 0.29) is 18.0 Å². The van der Waals surface area contributed by atoms with Gasteiger partial charge in [-0.05, 0) is 60.5 Å². The molecule has 1 N–H and O–H groups in total. The fraction of sp³-hybridized carbons (Fsp3) is 0.107. The van der Waals surface area contributed by atoms with Crippen molar-refractivity contribution in [1.82, 2.24) is 9.47 Å². The number of hydrogen-bond acceptors (Lipinski definition) is 5. The van der Waals surface area contributed by atoms with Gasteiger partial charge in [-0.3, -0.25) is 19.3 Å². The number of halogens is 2. The maximum Gasteiger partial charge on any atom is 0.294 e. The molecule has 0 unspecified atom stereocenters. The number of fused-ring (bicyclic) bond motifs is 1. The van der Waals surface area contributed by atoms with Crippen molar-refractivity contribution < 1.29 is 18.8 Å². The fourth-order valence-corrected chi connectivity index (χ4v) is 5.71. The van der Waals surface area contributed by atoms with Gasteiger partial charge >= 0.3 is 0 Å². The second-order valence-electron chi connectivity index (χ2n) is 8.48. The van der Waals surface area contributed by atoms with Crippen LogP contribution in [0.15, 0.2) is 82.7 Å². The largest absolute Gasteiger partial charge is 0.342 e. The minimum atomic E-state index is -0.540. The molecule has 0 saturated carbocycles. The highest BCUT2D eigenvalue weighted by Gasteiger charge is 2.36. The van der Waals surface area contributed by atoms with E-state index in [0.717, 1.165) is 32.5 Å². The lowest BCUT2D eigenvalue weighted by molar-refractivity contribution is -0.127. The smallest absolute Gasteiger partial charge is 0.294 e. The Labute approximate surface area is 231 Å². The van der Waals surface area contributed by atoms with Crippen LogP contribution in [0, 0.1) is 5.82 Å². The zero-order valence-corrected chi connectivity index (χ0v) is 22.5. The first kappa shape index (κ1) is 26.1. The predicted molar refractivity (Wildman–Crippen MR) is 152 cm³/mol. The van der Waals surface area contributed by atoms with E-state index in [4.69, 9.17) is 11.6 Å². The molecule has 1 aliphatic rings. The average Bonchev–Trinajstić information content (AvgIpc) is 3.38. The Hall–Kier alpha value is -3.53. The molecular weight excluding hydrogens is 545 g/mol. The van der Waals surface area contributed by atoms with E-state index in [0.29, 0.717) is 21.8 Å². The number of carbonyl (C=O) groups excluding carboxylic acids is 3. The number of carbonyl (C=O) groups is 3. The molecule has 0 spiro atoms. The van der Waals surface area contributed by atoms with Gasteiger partial charge in [-0.1, -0.05) is 41.9 Å². The van der Waals surface area contributed by atoms with Crippen LogP contribution in [-0.4, -0.2) is 39.3 Å². The number of thioether (sulfide) groups is 2. The molecule has 4 aromatic rings. The lowest BCUT2D eigenvalue weighted by atomic mass is 10.1. The molecule has 1 fully saturated rings. The van der Waals surface area contributed by atoms with Crippen LogP contribution in [0.25, 0.3) is 17.0 Å². The average molecular weight is 566 g/mol. The quantitative estimate of drug-likeness (QED) is 0.195. The van der Waals surface area contributed by atoms with Crippen molar-refractivity contribution in [2.24, 2.45) is 0 Å². The van der Waals surface area contributed by atoms with Gasteiger partial charge in [0, 0.05) is 43.8 Å². The van der Waals surface area contributed by atoms with Crippen LogP contribution in [0.5, 0.6) is 0 Å². The highest BCUT2D eigenvalue weighted by Crippen LogP contribution is 2.34. The van der Waals surface area contributed by atoms with Crippen molar-refractivity contribution in [3.05, 3.63) is 99.8 Å². The number of rotatable bonds is 7. The maximum atomic E-state index is 14.5. The first-order valence-corrected chi connectivity index (χ1v) is 14.0. The Balaban J connectivity index is 1.38. The molecule has 6 nitrogen and oxygen atoms in total. The molecule has 0 radical (unpaired) electrons. The number of hydrogen-bond donors (Lipinski definition) is 1. The van der Waals surface area contributed by atoms with Gasteiger partial charge in [-0.25, -0.2) is 4.39 Å². The van der Waals surface area contributed by atoms with Gasteiger partial charge in [0.2, 0.25) is 5.91 Å². The minimum Gasteiger partial charge on any atom is -0.342 e. The summed E-state index contributed by atoms with van der Waals surface area (Å²) in [4.78, 5) is 40.4. The maximum absolute atomic E-state index is 14.5. The summed E-state index contributed by atoms with van der Waals surface area (Å²) in [5.74, 6) is -1.41. The Morgan fingerprint density at radius 2 is 1.89 bits per heavy atom. The molecular formula is C28H21ClFN3O3S2. The molecule has 192 valence electrons. The van der Waals surface area contributed by atoms with Gasteiger partial charge in [-0.2, -0.15) is 0 Å². The van der Waals surface area contributed by atoms with Crippen LogP contribution in [0.2, 0.25) is 5.02 Å². The van der Waals surface area contributed by atoms with E-state index in [1.807, 2.05) is 53.3 Å². The standard InChI is InChI=1S/C28H21ClFN3O3S2/c1-37-19-7-4-6-18(13-19)31-26(34)16-33-27(35)25(38-28(33)36)12-17-14-32(24-11-3-2-8-20(17)24)15-21-22(29)9-5-10-23(21)30/h2-14H,15-16H2,1H3,(H,31,34)/b25-12+. The third kappa shape index (κ3) is 5.36. The second-order valence-corrected chi connectivity index (χ2v) is 10.8. The molecule has 38 heavy (non-hydrogen) atoms. The summed E-state index contributed by atoms with van der Waals surface area (Å²) in [6.07, 6.45) is 5.36. The zero-order chi connectivity index (χ0) is 26.8. The summed E-state index contributed by atoms with van der Waals surface area (Å²) in [6.45, 7) is -0.196. The summed E-state index contributed by atoms with van der Waals surface area (Å²) in [7, 11) is 0. The van der Waals surface area contributed by atoms with Crippen molar-refractivity contribution in [3.63, 3.8) is 0 Å². The third-order valence-electron chi connectivity index (χ3n) is 6.02. The first-order chi connectivity index (χ1) is 18.3. The Bertz CT molecular complexity index is 1600. The number of nitrogens with zero attached hydrogens (tertiary/aromatic N) is 2. The van der Waals surface area contributed by atoms with Gasteiger partial charge in [0.05, 0.1) is 11.4 Å². The van der Waals surface area contributed by atoms with Crippen LogP contribution < -0.4 is 5.32 Å². The van der Waals surface area contributed by atoms with Crippen LogP contribution in [-0.2, 0) is 16.1 Å². The second kappa shape index (κ2) is 11.1. The fourth-order valence-electron chi connectivity index (χ4n) is 4.20. The number of para-hydroxylation sites is 1. The molecule has 1 aliphatic heterocycles. The molecule has 3 amide bonds. The normalized spacial score (nSPS) is 14.6. The van der Waals surface area contributed by atoms with Crippen LogP contribution in [0.4, 0.5) is 14.9 Å². The van der Waals surface area contributed by atoms with Crippen LogP contribution in [0.1, 0.15) is 11.1 Å². The minimum absolute atomic E-state index is 0.194. The molecule has 2 heterocycles. The van der Waals surface area contributed by atoms with E-state index in [9.17, 15) is 18.8 Å². The molecule has 1 aromatic heterocycles. The molecule has 1 saturated heterocycles. The van der Waals surface area contributed by atoms with Crippen molar-refractivity contribution >= 4 is 74.8 Å². The summed E-state index contributed by atoms with van der Waals surface area (Å²) < 4.78 is 16.3. The Morgan fingerprint density at radius 1 is 1.11 bits per heavy atom. The lowest BCUT2D eigenvalue weighted by Crippen LogP contribution is -2.36. The predicted octanol–water partition coefficient (Wildman–Crippen LogP) is 6.88. The molecule has 3 aromatic carbocycles. The van der Waals surface area contributed by atoms with E-state index in [2.05, 4.69) is 5.32 Å². The summed E-state index contributed by atoms with van der Waals surface area (Å²) >= 11 is 8.57. The number of imide groups is 1. The number of anilines is 1. The number of aromatic nitrogens is 1. The molecule has 0 bridgehead atoms. The first-order valence-electron chi connectivity index (χ1n) is 11.5. The SMILES string of the molecule is CSc1cccc(NC(=O)CN2C(=O)S/C(=C/c3cn(Cc4c(F)cccc4Cl)c4ccccc34)C2=O)c1. The Kier molecular flexibility index (Phi) is 7.60. The summed E-state index contributed by atoms with van der Waals surface area (Å²) in [5, 5.41) is 3.37. The van der Waals surface area contributed by atoms with Gasteiger partial charge in [0.1, 0.15) is 12.4 Å². The topological polar surface area (TPSA) is 71.4 Å². The van der Waals surface area contributed by atoms with Crippen molar-refractivity contribution in [2.45, 2.75) is 11.4 Å². The van der Waals surface area contributed by atoms with E-state index in [1.54, 1.807) is 42.2 Å². The molecule has 0 atom stereocenters. The highest BCUT2D eigenvalue weighted by atomic mass is 35.5. The van der Waals surface area contributed by atoms with E-state index in [1.165, 1.54) is 6.07 Å². The Morgan fingerprint density at radius 3 is 2.68 bits per heavy atom. The van der Waals surface area contributed by atoms with E-state index < -0.39 is 22.9 Å². The van der Waals surface area contributed by atoms with Gasteiger partial charge in [-0.15, -0.1) is 11.8 Å². The van der Waals surface area contributed by atoms with Crippen molar-refractivity contribution in [2.75, 3.05) is 18.1 Å². The van der Waals surface area contributed by atoms with E-state index >= 15 is 0 Å². The van der Waals surface area contributed by atoms with Crippen LogP contribution >= 0.6 is 35.1 Å². The summed E-state index contributed by atoms with van der Waals surface area (Å²) in [5.41, 5.74) is 2.46. The lowest BCUT2D eigenvalue weighted by Gasteiger charge is -2.12. The molecule has 10 heteroatoms. The number of benzene rings is 3. The highest BCUT2D eigenvalue weighted by molar-refractivity contribution is 8.18. The zero-order valence-electron chi connectivity index (χ0n) is 20.1. The third-order valence-corrected chi connectivity index (χ3v) is 8.01. The van der Waals surface area contributed by atoms with Crippen molar-refractivity contribution in [3.8, 4) is 0 Å². The monoisotopic (exact) mass is 565 g/mol. The van der Waals surface area contributed by atoms with Crippen LogP contribution in [0.3, 0.4) is 0 Å². The van der Waals surface area contributed by atoms with Gasteiger partial charge in [0.15, 0.2) is 0 Å². The number of amides is 3. The number of nitrogens with one attached hydrogen (secondary N) is 1. The molecule has 0 aliphatic carbocycles. The molecule has 5 rings (SSSR count). The summed E-state index contributed by atoms with van der Waals surface area (Å²) in [6, 6.07) is 19.4. The van der Waals surface area contributed by atoms with Crippen molar-refractivity contribution in [1.29, 1.82) is 0 Å².